The average molecular weight is 168 g/mol. The summed E-state index contributed by atoms with van der Waals surface area (Å²) in [6.07, 6.45) is 5.11. The molecule has 0 aromatic rings. The van der Waals surface area contributed by atoms with Gasteiger partial charge in [0.15, 0.2) is 0 Å². The Hall–Kier alpha value is -0.440. The Morgan fingerprint density at radius 3 is 2.42 bits per heavy atom. The first-order valence-corrected chi connectivity index (χ1v) is 4.86. The maximum Gasteiger partial charge on any atom is 0.0879 e. The van der Waals surface area contributed by atoms with Crippen LogP contribution in [0.3, 0.4) is 0 Å². The molecule has 0 unspecified atom stereocenters. The molecule has 0 radical (unpaired) electrons. The van der Waals surface area contributed by atoms with Crippen molar-refractivity contribution in [2.75, 3.05) is 26.2 Å². The molecule has 1 saturated heterocycles. The van der Waals surface area contributed by atoms with E-state index in [1.54, 1.807) is 0 Å². The third-order valence-corrected chi connectivity index (χ3v) is 3.11. The second-order valence-corrected chi connectivity index (χ2v) is 4.27. The van der Waals surface area contributed by atoms with Crippen LogP contribution in [0.25, 0.3) is 0 Å². The molecule has 1 aliphatic carbocycles. The molecule has 1 heterocycles. The summed E-state index contributed by atoms with van der Waals surface area (Å²) in [5.74, 6) is 0. The van der Waals surface area contributed by atoms with Gasteiger partial charge in [0.25, 0.3) is 0 Å². The van der Waals surface area contributed by atoms with Crippen LogP contribution in [0.5, 0.6) is 0 Å². The second-order valence-electron chi connectivity index (χ2n) is 4.27. The molecule has 2 rings (SSSR count). The summed E-state index contributed by atoms with van der Waals surface area (Å²) in [4.78, 5) is 12.7. The summed E-state index contributed by atoms with van der Waals surface area (Å²) in [5, 5.41) is 3.04. The average Bonchev–Trinajstić information content (AvgIpc) is 2.63. The van der Waals surface area contributed by atoms with Gasteiger partial charge in [-0.1, -0.05) is 5.18 Å². The van der Waals surface area contributed by atoms with Crippen LogP contribution in [0.15, 0.2) is 5.18 Å². The molecule has 68 valence electrons. The Kier molecular flexibility index (Phi) is 2.13. The largest absolute Gasteiger partial charge is 0.303 e. The standard InChI is InChI=1S/C9H16N2O/c12-10-7-9(3-4-9)8-11-5-1-2-6-11/h1-8H2. The Morgan fingerprint density at radius 2 is 1.92 bits per heavy atom. The molecule has 0 amide bonds. The fraction of sp³-hybridized carbons (Fsp3) is 1.00. The topological polar surface area (TPSA) is 32.7 Å². The van der Waals surface area contributed by atoms with Crippen LogP contribution in [0, 0.1) is 10.3 Å². The molecule has 0 bridgehead atoms. The molecule has 0 N–H and O–H groups in total. The van der Waals surface area contributed by atoms with E-state index in [0.29, 0.717) is 12.0 Å². The Bertz CT molecular complexity index is 171. The third kappa shape index (κ3) is 1.66. The fourth-order valence-corrected chi connectivity index (χ4v) is 2.10. The van der Waals surface area contributed by atoms with Crippen molar-refractivity contribution in [3.63, 3.8) is 0 Å². The van der Waals surface area contributed by atoms with Crippen LogP contribution in [-0.2, 0) is 0 Å². The molecule has 1 saturated carbocycles. The van der Waals surface area contributed by atoms with Crippen LogP contribution < -0.4 is 0 Å². The predicted octanol–water partition coefficient (Wildman–Crippen LogP) is 1.63. The van der Waals surface area contributed by atoms with Crippen molar-refractivity contribution in [1.82, 2.24) is 4.90 Å². The van der Waals surface area contributed by atoms with Gasteiger partial charge in [0.2, 0.25) is 0 Å². The number of hydrogen-bond acceptors (Lipinski definition) is 3. The first-order chi connectivity index (χ1) is 5.85. The first-order valence-electron chi connectivity index (χ1n) is 4.86. The van der Waals surface area contributed by atoms with Crippen molar-refractivity contribution in [3.8, 4) is 0 Å². The minimum atomic E-state index is 0.312. The van der Waals surface area contributed by atoms with Crippen molar-refractivity contribution < 1.29 is 0 Å². The van der Waals surface area contributed by atoms with E-state index in [0.717, 1.165) is 6.54 Å². The molecule has 12 heavy (non-hydrogen) atoms. The van der Waals surface area contributed by atoms with E-state index in [2.05, 4.69) is 10.1 Å². The minimum absolute atomic E-state index is 0.312. The van der Waals surface area contributed by atoms with E-state index in [1.165, 1.54) is 38.8 Å². The molecular weight excluding hydrogens is 152 g/mol. The smallest absolute Gasteiger partial charge is 0.0879 e. The number of nitrogens with zero attached hydrogens (tertiary/aromatic N) is 2. The summed E-state index contributed by atoms with van der Waals surface area (Å²) >= 11 is 0. The number of hydrogen-bond donors (Lipinski definition) is 0. The summed E-state index contributed by atoms with van der Waals surface area (Å²) in [5.41, 5.74) is 0.312. The maximum atomic E-state index is 10.2. The van der Waals surface area contributed by atoms with Crippen LogP contribution in [0.4, 0.5) is 0 Å². The van der Waals surface area contributed by atoms with Crippen molar-refractivity contribution in [2.45, 2.75) is 25.7 Å². The highest BCUT2D eigenvalue weighted by Crippen LogP contribution is 2.46. The highest BCUT2D eigenvalue weighted by atomic mass is 16.3. The summed E-state index contributed by atoms with van der Waals surface area (Å²) in [7, 11) is 0. The van der Waals surface area contributed by atoms with Gasteiger partial charge in [0.1, 0.15) is 0 Å². The quantitative estimate of drug-likeness (QED) is 0.598. The lowest BCUT2D eigenvalue weighted by Gasteiger charge is -2.20. The first kappa shape index (κ1) is 8.17. The highest BCUT2D eigenvalue weighted by Gasteiger charge is 2.44. The van der Waals surface area contributed by atoms with Gasteiger partial charge in [-0.15, -0.1) is 0 Å². The lowest BCUT2D eigenvalue weighted by molar-refractivity contribution is 0.268. The number of likely N-dealkylation sites (tertiary alicyclic amines) is 1. The van der Waals surface area contributed by atoms with Gasteiger partial charge >= 0.3 is 0 Å². The Balaban J connectivity index is 1.80. The zero-order chi connectivity index (χ0) is 8.44. The molecule has 2 fully saturated rings. The molecule has 3 heteroatoms. The fourth-order valence-electron chi connectivity index (χ4n) is 2.10. The van der Waals surface area contributed by atoms with Gasteiger partial charge in [-0.25, -0.2) is 0 Å². The summed E-state index contributed by atoms with van der Waals surface area (Å²) in [6.45, 7) is 4.14. The molecule has 3 nitrogen and oxygen atoms in total. The van der Waals surface area contributed by atoms with Gasteiger partial charge in [0.05, 0.1) is 6.54 Å². The van der Waals surface area contributed by atoms with Gasteiger partial charge in [0, 0.05) is 12.0 Å². The predicted molar refractivity (Wildman–Crippen MR) is 48.0 cm³/mol. The summed E-state index contributed by atoms with van der Waals surface area (Å²) < 4.78 is 0. The van der Waals surface area contributed by atoms with Crippen LogP contribution in [0.2, 0.25) is 0 Å². The van der Waals surface area contributed by atoms with E-state index in [1.807, 2.05) is 0 Å². The molecular formula is C9H16N2O. The molecule has 0 atom stereocenters. The third-order valence-electron chi connectivity index (χ3n) is 3.11. The van der Waals surface area contributed by atoms with E-state index >= 15 is 0 Å². The molecule has 0 aromatic carbocycles. The molecule has 1 aliphatic heterocycles. The van der Waals surface area contributed by atoms with Crippen LogP contribution >= 0.6 is 0 Å². The number of nitroso groups, excluding NO2 is 1. The second kappa shape index (κ2) is 3.13. The Morgan fingerprint density at radius 1 is 1.25 bits per heavy atom. The van der Waals surface area contributed by atoms with E-state index in [-0.39, 0.29) is 0 Å². The molecule has 0 aromatic heterocycles. The van der Waals surface area contributed by atoms with E-state index in [4.69, 9.17) is 0 Å². The zero-order valence-corrected chi connectivity index (χ0v) is 7.46. The highest BCUT2D eigenvalue weighted by molar-refractivity contribution is 4.97. The van der Waals surface area contributed by atoms with Gasteiger partial charge in [-0.2, -0.15) is 4.91 Å². The van der Waals surface area contributed by atoms with Crippen LogP contribution in [0.1, 0.15) is 25.7 Å². The van der Waals surface area contributed by atoms with Gasteiger partial charge < -0.3 is 4.90 Å². The van der Waals surface area contributed by atoms with Crippen molar-refractivity contribution in [3.05, 3.63) is 4.91 Å². The zero-order valence-electron chi connectivity index (χ0n) is 7.46. The Labute approximate surface area is 73.1 Å². The van der Waals surface area contributed by atoms with Crippen LogP contribution in [-0.4, -0.2) is 31.1 Å². The van der Waals surface area contributed by atoms with E-state index in [9.17, 15) is 4.91 Å². The van der Waals surface area contributed by atoms with Crippen molar-refractivity contribution >= 4 is 0 Å². The lowest BCUT2D eigenvalue weighted by atomic mass is 10.1. The lowest BCUT2D eigenvalue weighted by Crippen LogP contribution is -2.29. The SMILES string of the molecule is O=NCC1(CN2CCCC2)CC1. The van der Waals surface area contributed by atoms with Crippen molar-refractivity contribution in [1.29, 1.82) is 0 Å². The molecule has 0 spiro atoms. The van der Waals surface area contributed by atoms with Crippen molar-refractivity contribution in [2.24, 2.45) is 10.6 Å². The minimum Gasteiger partial charge on any atom is -0.303 e. The van der Waals surface area contributed by atoms with Gasteiger partial charge in [-0.05, 0) is 38.8 Å². The maximum absolute atomic E-state index is 10.2. The monoisotopic (exact) mass is 168 g/mol. The molecule has 2 aliphatic rings. The number of rotatable bonds is 4. The normalized spacial score (nSPS) is 27.3. The summed E-state index contributed by atoms with van der Waals surface area (Å²) in [6, 6.07) is 0. The van der Waals surface area contributed by atoms with E-state index < -0.39 is 0 Å². The van der Waals surface area contributed by atoms with Gasteiger partial charge in [-0.3, -0.25) is 0 Å².